The molecule has 0 aromatic carbocycles. The summed E-state index contributed by atoms with van der Waals surface area (Å²) in [5, 5.41) is 3.37. The quantitative estimate of drug-likeness (QED) is 0.799. The first-order valence-corrected chi connectivity index (χ1v) is 9.88. The molecule has 2 heterocycles. The Kier molecular flexibility index (Phi) is 10.1. The first kappa shape index (κ1) is 23.0. The van der Waals surface area contributed by atoms with E-state index in [1.165, 1.54) is 25.7 Å². The Balaban J connectivity index is 0.00000156. The highest BCUT2D eigenvalue weighted by atomic mass is 35.5. The number of rotatable bonds is 3. The maximum Gasteiger partial charge on any atom is 0.227 e. The molecule has 2 saturated heterocycles. The Bertz CT molecular complexity index is 386. The Labute approximate surface area is 166 Å². The fourth-order valence-electron chi connectivity index (χ4n) is 4.76. The molecule has 1 saturated carbocycles. The van der Waals surface area contributed by atoms with Gasteiger partial charge in [-0.3, -0.25) is 9.69 Å². The van der Waals surface area contributed by atoms with Crippen LogP contribution in [0.2, 0.25) is 0 Å². The predicted molar refractivity (Wildman–Crippen MR) is 109 cm³/mol. The number of nitrogens with one attached hydrogen (secondary N) is 1. The number of nitrogens with zero attached hydrogens (tertiary/aromatic N) is 2. The van der Waals surface area contributed by atoms with Gasteiger partial charge in [0.1, 0.15) is 0 Å². The number of hydrogen-bond donors (Lipinski definition) is 1. The van der Waals surface area contributed by atoms with Crippen molar-refractivity contribution in [1.82, 2.24) is 15.1 Å². The van der Waals surface area contributed by atoms with E-state index in [0.717, 1.165) is 70.0 Å². The predicted octanol–water partition coefficient (Wildman–Crippen LogP) is 3.19. The third-order valence-corrected chi connectivity index (χ3v) is 6.47. The second kappa shape index (κ2) is 11.0. The molecular weight excluding hydrogens is 357 g/mol. The second-order valence-corrected chi connectivity index (χ2v) is 8.22. The first-order chi connectivity index (χ1) is 11.1. The Hall–Kier alpha value is -0.0300. The summed E-state index contributed by atoms with van der Waals surface area (Å²) in [6.45, 7) is 10.8. The highest BCUT2D eigenvalue weighted by Gasteiger charge is 2.32. The molecule has 3 rings (SSSR count). The van der Waals surface area contributed by atoms with Crippen LogP contribution in [0.15, 0.2) is 0 Å². The van der Waals surface area contributed by atoms with Crippen LogP contribution in [0.5, 0.6) is 0 Å². The molecule has 0 radical (unpaired) electrons. The van der Waals surface area contributed by atoms with Gasteiger partial charge in [-0.25, -0.2) is 0 Å². The van der Waals surface area contributed by atoms with Crippen LogP contribution in [0, 0.1) is 17.8 Å². The lowest BCUT2D eigenvalue weighted by molar-refractivity contribution is -0.138. The number of hydrogen-bond acceptors (Lipinski definition) is 3. The van der Waals surface area contributed by atoms with Crippen molar-refractivity contribution in [2.45, 2.75) is 58.4 Å². The normalized spacial score (nSPS) is 31.2. The molecule has 3 aliphatic rings. The number of carbonyl (C=O) groups is 1. The summed E-state index contributed by atoms with van der Waals surface area (Å²) in [5.74, 6) is 2.42. The lowest BCUT2D eigenvalue weighted by Gasteiger charge is -2.43. The summed E-state index contributed by atoms with van der Waals surface area (Å²) in [5.41, 5.74) is 0. The molecule has 1 N–H and O–H groups in total. The average molecular weight is 394 g/mol. The molecule has 3 fully saturated rings. The topological polar surface area (TPSA) is 35.6 Å². The van der Waals surface area contributed by atoms with Crippen LogP contribution in [0.4, 0.5) is 0 Å². The fourth-order valence-corrected chi connectivity index (χ4v) is 4.76. The largest absolute Gasteiger partial charge is 0.340 e. The average Bonchev–Trinajstić information content (AvgIpc) is 2.62. The smallest absolute Gasteiger partial charge is 0.227 e. The minimum atomic E-state index is 0. The Morgan fingerprint density at radius 1 is 0.960 bits per heavy atom. The van der Waals surface area contributed by atoms with Crippen molar-refractivity contribution in [3.8, 4) is 0 Å². The van der Waals surface area contributed by atoms with Crippen molar-refractivity contribution in [3.63, 3.8) is 0 Å². The third-order valence-electron chi connectivity index (χ3n) is 6.47. The molecule has 0 spiro atoms. The SMILES string of the molecule is CC(C)C1CCC(N2CCN(C(=O)C3CCCNC3)CC2)CC1.Cl.Cl. The zero-order chi connectivity index (χ0) is 16.2. The standard InChI is InChI=1S/C19H35N3O.2ClH/c1-15(2)16-5-7-18(8-6-16)21-10-12-22(13-11-21)19(23)17-4-3-9-20-14-17;;/h15-18,20H,3-14H2,1-2H3;2*1H. The number of amides is 1. The summed E-state index contributed by atoms with van der Waals surface area (Å²) in [7, 11) is 0. The summed E-state index contributed by atoms with van der Waals surface area (Å²) in [4.78, 5) is 17.4. The van der Waals surface area contributed by atoms with Gasteiger partial charge in [-0.2, -0.15) is 0 Å². The van der Waals surface area contributed by atoms with E-state index in [9.17, 15) is 4.79 Å². The number of piperidine rings is 1. The highest BCUT2D eigenvalue weighted by Crippen LogP contribution is 2.32. The Morgan fingerprint density at radius 3 is 2.12 bits per heavy atom. The van der Waals surface area contributed by atoms with E-state index in [1.807, 2.05) is 0 Å². The van der Waals surface area contributed by atoms with Crippen LogP contribution in [-0.2, 0) is 4.79 Å². The summed E-state index contributed by atoms with van der Waals surface area (Å²) in [6, 6.07) is 0.776. The van der Waals surface area contributed by atoms with Gasteiger partial charge in [0, 0.05) is 38.8 Å². The molecular formula is C19H37Cl2N3O. The van der Waals surface area contributed by atoms with Crippen molar-refractivity contribution in [2.24, 2.45) is 17.8 Å². The maximum atomic E-state index is 12.6. The first-order valence-electron chi connectivity index (χ1n) is 9.88. The lowest BCUT2D eigenvalue weighted by atomic mass is 9.79. The van der Waals surface area contributed by atoms with Crippen LogP contribution in [0.25, 0.3) is 0 Å². The molecule has 1 unspecified atom stereocenters. The minimum Gasteiger partial charge on any atom is -0.340 e. The molecule has 1 aliphatic carbocycles. The van der Waals surface area contributed by atoms with E-state index in [2.05, 4.69) is 29.0 Å². The highest BCUT2D eigenvalue weighted by molar-refractivity contribution is 5.85. The lowest BCUT2D eigenvalue weighted by Crippen LogP contribution is -2.54. The van der Waals surface area contributed by atoms with Crippen molar-refractivity contribution in [3.05, 3.63) is 0 Å². The maximum absolute atomic E-state index is 12.6. The molecule has 0 aromatic heterocycles. The van der Waals surface area contributed by atoms with Gasteiger partial charge in [0.2, 0.25) is 5.91 Å². The van der Waals surface area contributed by atoms with E-state index < -0.39 is 0 Å². The molecule has 0 aromatic rings. The molecule has 1 amide bonds. The van der Waals surface area contributed by atoms with Gasteiger partial charge in [-0.1, -0.05) is 13.8 Å². The molecule has 0 bridgehead atoms. The van der Waals surface area contributed by atoms with Gasteiger partial charge in [0.05, 0.1) is 5.92 Å². The van der Waals surface area contributed by atoms with Crippen molar-refractivity contribution in [2.75, 3.05) is 39.3 Å². The van der Waals surface area contributed by atoms with Crippen LogP contribution in [-0.4, -0.2) is 61.0 Å². The van der Waals surface area contributed by atoms with E-state index in [-0.39, 0.29) is 30.7 Å². The monoisotopic (exact) mass is 393 g/mol. The Morgan fingerprint density at radius 2 is 1.60 bits per heavy atom. The zero-order valence-electron chi connectivity index (χ0n) is 15.9. The van der Waals surface area contributed by atoms with Crippen LogP contribution in [0.3, 0.4) is 0 Å². The molecule has 25 heavy (non-hydrogen) atoms. The third kappa shape index (κ3) is 5.98. The van der Waals surface area contributed by atoms with Gasteiger partial charge in [-0.05, 0) is 56.9 Å². The van der Waals surface area contributed by atoms with Crippen LogP contribution < -0.4 is 5.32 Å². The zero-order valence-corrected chi connectivity index (χ0v) is 17.5. The van der Waals surface area contributed by atoms with Gasteiger partial charge in [0.25, 0.3) is 0 Å². The van der Waals surface area contributed by atoms with Gasteiger partial charge in [-0.15, -0.1) is 24.8 Å². The number of halogens is 2. The molecule has 148 valence electrons. The van der Waals surface area contributed by atoms with E-state index in [1.54, 1.807) is 0 Å². The second-order valence-electron chi connectivity index (χ2n) is 8.22. The van der Waals surface area contributed by atoms with Crippen LogP contribution >= 0.6 is 24.8 Å². The van der Waals surface area contributed by atoms with Crippen molar-refractivity contribution in [1.29, 1.82) is 0 Å². The summed E-state index contributed by atoms with van der Waals surface area (Å²) in [6.07, 6.45) is 7.75. The molecule has 6 heteroatoms. The fraction of sp³-hybridized carbons (Fsp3) is 0.947. The van der Waals surface area contributed by atoms with E-state index in [0.29, 0.717) is 5.91 Å². The van der Waals surface area contributed by atoms with Gasteiger partial charge >= 0.3 is 0 Å². The molecule has 4 nitrogen and oxygen atoms in total. The number of carbonyl (C=O) groups excluding carboxylic acids is 1. The number of piperazine rings is 1. The van der Waals surface area contributed by atoms with Crippen LogP contribution in [0.1, 0.15) is 52.4 Å². The molecule has 2 aliphatic heterocycles. The van der Waals surface area contributed by atoms with Crippen molar-refractivity contribution < 1.29 is 4.79 Å². The molecule has 1 atom stereocenters. The van der Waals surface area contributed by atoms with Gasteiger partial charge < -0.3 is 10.2 Å². The van der Waals surface area contributed by atoms with E-state index in [4.69, 9.17) is 0 Å². The van der Waals surface area contributed by atoms with Gasteiger partial charge in [0.15, 0.2) is 0 Å². The van der Waals surface area contributed by atoms with E-state index >= 15 is 0 Å². The summed E-state index contributed by atoms with van der Waals surface area (Å²) < 4.78 is 0. The minimum absolute atomic E-state index is 0. The summed E-state index contributed by atoms with van der Waals surface area (Å²) >= 11 is 0. The van der Waals surface area contributed by atoms with Crippen molar-refractivity contribution >= 4 is 30.7 Å².